The molecule has 0 aromatic rings. The summed E-state index contributed by atoms with van der Waals surface area (Å²) in [6.45, 7) is 13.1. The lowest BCUT2D eigenvalue weighted by molar-refractivity contribution is -0.168. The van der Waals surface area contributed by atoms with Crippen LogP contribution in [0.5, 0.6) is 0 Å². The first-order chi connectivity index (χ1) is 11.3. The molecule has 2 bridgehead atoms. The number of morpholine rings is 1. The summed E-state index contributed by atoms with van der Waals surface area (Å²) in [6.07, 6.45) is 3.48. The van der Waals surface area contributed by atoms with Crippen LogP contribution in [0.25, 0.3) is 0 Å². The van der Waals surface area contributed by atoms with Gasteiger partial charge in [-0.1, -0.05) is 20.8 Å². The standard InChI is InChI=1S/C19H34N2O3/c1-5-24-16(22)15(13-20)19(21-8-10-23-11-9-21)12-14-6-7-18(19,4)17(14,2)3/h14-15H,5-13,20H2,1-4H3/t14-,15-,18+,19+/m0/s1. The summed E-state index contributed by atoms with van der Waals surface area (Å²) in [5.74, 6) is 0.273. The van der Waals surface area contributed by atoms with E-state index in [4.69, 9.17) is 15.2 Å². The third kappa shape index (κ3) is 2.20. The largest absolute Gasteiger partial charge is 0.466 e. The zero-order chi connectivity index (χ0) is 17.6. The van der Waals surface area contributed by atoms with Gasteiger partial charge < -0.3 is 15.2 Å². The van der Waals surface area contributed by atoms with Gasteiger partial charge in [-0.05, 0) is 42.9 Å². The zero-order valence-corrected chi connectivity index (χ0v) is 15.8. The third-order valence-electron chi connectivity index (χ3n) is 7.91. The van der Waals surface area contributed by atoms with E-state index in [2.05, 4.69) is 25.7 Å². The van der Waals surface area contributed by atoms with Crippen LogP contribution < -0.4 is 5.73 Å². The fourth-order valence-corrected chi connectivity index (χ4v) is 6.25. The lowest BCUT2D eigenvalue weighted by Crippen LogP contribution is -2.68. The van der Waals surface area contributed by atoms with Crippen molar-refractivity contribution in [2.75, 3.05) is 39.5 Å². The van der Waals surface area contributed by atoms with Gasteiger partial charge in [0.15, 0.2) is 0 Å². The highest BCUT2D eigenvalue weighted by molar-refractivity contribution is 5.75. The van der Waals surface area contributed by atoms with E-state index in [0.29, 0.717) is 19.1 Å². The molecule has 2 aliphatic carbocycles. The quantitative estimate of drug-likeness (QED) is 0.777. The van der Waals surface area contributed by atoms with E-state index in [1.807, 2.05) is 6.92 Å². The van der Waals surface area contributed by atoms with Gasteiger partial charge in [-0.3, -0.25) is 9.69 Å². The maximum absolute atomic E-state index is 12.9. The van der Waals surface area contributed by atoms with E-state index >= 15 is 0 Å². The minimum absolute atomic E-state index is 0.0683. The number of fused-ring (bicyclic) bond motifs is 2. The van der Waals surface area contributed by atoms with Gasteiger partial charge >= 0.3 is 5.97 Å². The summed E-state index contributed by atoms with van der Waals surface area (Å²) in [6, 6.07) is 0. The van der Waals surface area contributed by atoms with E-state index in [-0.39, 0.29) is 28.3 Å². The Morgan fingerprint density at radius 3 is 2.46 bits per heavy atom. The SMILES string of the molecule is CCOC(=O)[C@H](CN)[C@]1(N2CCOCC2)C[C@@H]2CC[C@]1(C)C2(C)C. The normalized spacial score (nSPS) is 39.8. The molecule has 2 N–H and O–H groups in total. The molecule has 138 valence electrons. The van der Waals surface area contributed by atoms with E-state index in [1.54, 1.807) is 0 Å². The molecule has 3 fully saturated rings. The molecule has 5 nitrogen and oxygen atoms in total. The maximum atomic E-state index is 12.9. The van der Waals surface area contributed by atoms with E-state index < -0.39 is 0 Å². The number of nitrogens with zero attached hydrogens (tertiary/aromatic N) is 1. The number of esters is 1. The van der Waals surface area contributed by atoms with Gasteiger partial charge in [0.1, 0.15) is 0 Å². The van der Waals surface area contributed by atoms with Crippen molar-refractivity contribution in [2.45, 2.75) is 52.5 Å². The van der Waals surface area contributed by atoms with Crippen LogP contribution >= 0.6 is 0 Å². The molecule has 0 spiro atoms. The minimum Gasteiger partial charge on any atom is -0.466 e. The number of hydrogen-bond donors (Lipinski definition) is 1. The highest BCUT2D eigenvalue weighted by Crippen LogP contribution is 2.72. The molecule has 24 heavy (non-hydrogen) atoms. The van der Waals surface area contributed by atoms with Gasteiger partial charge in [0, 0.05) is 25.2 Å². The van der Waals surface area contributed by atoms with Crippen molar-refractivity contribution >= 4 is 5.97 Å². The molecule has 0 amide bonds. The molecule has 1 aliphatic heterocycles. The van der Waals surface area contributed by atoms with Crippen molar-refractivity contribution < 1.29 is 14.3 Å². The minimum atomic E-state index is -0.259. The molecule has 0 aromatic heterocycles. The Kier molecular flexibility index (Phi) is 4.73. The summed E-state index contributed by atoms with van der Waals surface area (Å²) in [4.78, 5) is 15.4. The van der Waals surface area contributed by atoms with Crippen LogP contribution in [0.1, 0.15) is 47.0 Å². The molecular weight excluding hydrogens is 304 g/mol. The summed E-state index contributed by atoms with van der Waals surface area (Å²) in [5, 5.41) is 0. The molecule has 5 heteroatoms. The average Bonchev–Trinajstić information content (AvgIpc) is 2.89. The Bertz CT molecular complexity index is 489. The van der Waals surface area contributed by atoms with Crippen molar-refractivity contribution in [3.05, 3.63) is 0 Å². The second kappa shape index (κ2) is 6.26. The molecule has 3 rings (SSSR count). The number of rotatable bonds is 5. The molecule has 1 saturated heterocycles. The van der Waals surface area contributed by atoms with Crippen molar-refractivity contribution in [1.29, 1.82) is 0 Å². The number of carbonyl (C=O) groups is 1. The smallest absolute Gasteiger partial charge is 0.312 e. The average molecular weight is 338 g/mol. The Morgan fingerprint density at radius 1 is 1.33 bits per heavy atom. The Hall–Kier alpha value is -0.650. The molecule has 0 radical (unpaired) electrons. The van der Waals surface area contributed by atoms with Crippen molar-refractivity contribution in [2.24, 2.45) is 28.4 Å². The highest BCUT2D eigenvalue weighted by atomic mass is 16.5. The van der Waals surface area contributed by atoms with E-state index in [1.165, 1.54) is 6.42 Å². The maximum Gasteiger partial charge on any atom is 0.312 e. The second-order valence-electron chi connectivity index (χ2n) is 8.56. The molecular formula is C19H34N2O3. The lowest BCUT2D eigenvalue weighted by atomic mass is 9.57. The molecule has 3 aliphatic rings. The van der Waals surface area contributed by atoms with Crippen LogP contribution in [0, 0.1) is 22.7 Å². The van der Waals surface area contributed by atoms with Crippen LogP contribution in [-0.4, -0.2) is 55.9 Å². The summed E-state index contributed by atoms with van der Waals surface area (Å²) >= 11 is 0. The number of carbonyl (C=O) groups excluding carboxylic acids is 1. The van der Waals surface area contributed by atoms with Gasteiger partial charge in [0.05, 0.1) is 25.7 Å². The van der Waals surface area contributed by atoms with Crippen LogP contribution in [0.4, 0.5) is 0 Å². The molecule has 0 unspecified atom stereocenters. The highest BCUT2D eigenvalue weighted by Gasteiger charge is 2.73. The van der Waals surface area contributed by atoms with Crippen molar-refractivity contribution in [3.63, 3.8) is 0 Å². The fraction of sp³-hybridized carbons (Fsp3) is 0.947. The molecule has 4 atom stereocenters. The van der Waals surface area contributed by atoms with Crippen LogP contribution in [0.3, 0.4) is 0 Å². The van der Waals surface area contributed by atoms with Gasteiger partial charge in [0.25, 0.3) is 0 Å². The van der Waals surface area contributed by atoms with Crippen LogP contribution in [-0.2, 0) is 14.3 Å². The molecule has 2 saturated carbocycles. The summed E-state index contributed by atoms with van der Waals surface area (Å²) in [7, 11) is 0. The van der Waals surface area contributed by atoms with Crippen LogP contribution in [0.15, 0.2) is 0 Å². The Labute approximate surface area is 146 Å². The Morgan fingerprint density at radius 2 is 2.00 bits per heavy atom. The fourth-order valence-electron chi connectivity index (χ4n) is 6.25. The molecule has 0 aromatic carbocycles. The van der Waals surface area contributed by atoms with Gasteiger partial charge in [-0.15, -0.1) is 0 Å². The topological polar surface area (TPSA) is 64.8 Å². The van der Waals surface area contributed by atoms with Gasteiger partial charge in [-0.2, -0.15) is 0 Å². The van der Waals surface area contributed by atoms with Crippen molar-refractivity contribution in [3.8, 4) is 0 Å². The van der Waals surface area contributed by atoms with Gasteiger partial charge in [-0.25, -0.2) is 0 Å². The van der Waals surface area contributed by atoms with Crippen molar-refractivity contribution in [1.82, 2.24) is 4.90 Å². The third-order valence-corrected chi connectivity index (χ3v) is 7.91. The predicted molar refractivity (Wildman–Crippen MR) is 93.5 cm³/mol. The van der Waals surface area contributed by atoms with Crippen LogP contribution in [0.2, 0.25) is 0 Å². The monoisotopic (exact) mass is 338 g/mol. The van der Waals surface area contributed by atoms with Gasteiger partial charge in [0.2, 0.25) is 0 Å². The Balaban J connectivity index is 2.07. The van der Waals surface area contributed by atoms with E-state index in [9.17, 15) is 4.79 Å². The zero-order valence-electron chi connectivity index (χ0n) is 15.8. The number of nitrogens with two attached hydrogens (primary N) is 1. The first kappa shape index (κ1) is 18.2. The number of hydrogen-bond acceptors (Lipinski definition) is 5. The summed E-state index contributed by atoms with van der Waals surface area (Å²) < 4.78 is 11.1. The molecule has 1 heterocycles. The summed E-state index contributed by atoms with van der Waals surface area (Å²) in [5.41, 5.74) is 6.27. The van der Waals surface area contributed by atoms with E-state index in [0.717, 1.165) is 39.1 Å². The lowest BCUT2D eigenvalue weighted by Gasteiger charge is -2.58. The number of ether oxygens (including phenoxy) is 2. The first-order valence-corrected chi connectivity index (χ1v) is 9.54. The second-order valence-corrected chi connectivity index (χ2v) is 8.56. The predicted octanol–water partition coefficient (Wildman–Crippen LogP) is 2.04. The first-order valence-electron chi connectivity index (χ1n) is 9.54.